The molecule has 0 fully saturated rings. The smallest absolute Gasteiger partial charge is 0.361 e. The van der Waals surface area contributed by atoms with Crippen LogP contribution in [0.25, 0.3) is 11.3 Å². The monoisotopic (exact) mass is 394 g/mol. The summed E-state index contributed by atoms with van der Waals surface area (Å²) in [6.45, 7) is 4.07. The van der Waals surface area contributed by atoms with Gasteiger partial charge in [0.1, 0.15) is 11.8 Å². The highest BCUT2D eigenvalue weighted by atomic mass is 79.9. The summed E-state index contributed by atoms with van der Waals surface area (Å²) in [6, 6.07) is 5.28. The standard InChI is InChI=1S/C15H15BrN4O4/c1-3-22-11-8-9(7-10(16)14(11)24-6-5-17)12-13(19-20-18-12)15(21)23-4-2/h7-8H,3-4,6H2,1-2H3,(H,18,19,20). The number of aromatic amines is 1. The van der Waals surface area contributed by atoms with Gasteiger partial charge in [-0.1, -0.05) is 0 Å². The molecule has 0 radical (unpaired) electrons. The van der Waals surface area contributed by atoms with Crippen molar-refractivity contribution in [3.05, 3.63) is 22.3 Å². The molecule has 0 atom stereocenters. The number of hydrogen-bond donors (Lipinski definition) is 1. The topological polar surface area (TPSA) is 110 Å². The highest BCUT2D eigenvalue weighted by molar-refractivity contribution is 9.10. The molecule has 0 aliphatic carbocycles. The fraction of sp³-hybridized carbons (Fsp3) is 0.333. The Morgan fingerprint density at radius 3 is 2.75 bits per heavy atom. The van der Waals surface area contributed by atoms with Crippen LogP contribution in [0, 0.1) is 11.3 Å². The molecule has 2 aromatic rings. The Labute approximate surface area is 146 Å². The molecule has 2 rings (SSSR count). The second-order valence-corrected chi connectivity index (χ2v) is 5.26. The van der Waals surface area contributed by atoms with Crippen molar-refractivity contribution in [3.63, 3.8) is 0 Å². The van der Waals surface area contributed by atoms with Crippen molar-refractivity contribution in [2.75, 3.05) is 19.8 Å². The number of benzene rings is 1. The van der Waals surface area contributed by atoms with Crippen molar-refractivity contribution in [1.29, 1.82) is 5.26 Å². The molecule has 0 saturated carbocycles. The average Bonchev–Trinajstić information content (AvgIpc) is 3.04. The van der Waals surface area contributed by atoms with E-state index in [1.54, 1.807) is 19.1 Å². The van der Waals surface area contributed by atoms with E-state index in [-0.39, 0.29) is 18.9 Å². The van der Waals surface area contributed by atoms with E-state index in [0.717, 1.165) is 0 Å². The molecule has 0 aliphatic heterocycles. The van der Waals surface area contributed by atoms with E-state index in [9.17, 15) is 4.79 Å². The molecule has 1 aromatic carbocycles. The summed E-state index contributed by atoms with van der Waals surface area (Å²) in [4.78, 5) is 12.0. The fourth-order valence-corrected chi connectivity index (χ4v) is 2.54. The molecule has 9 heteroatoms. The highest BCUT2D eigenvalue weighted by Gasteiger charge is 2.22. The van der Waals surface area contributed by atoms with Crippen LogP contribution < -0.4 is 9.47 Å². The number of nitrogens with one attached hydrogen (secondary N) is 1. The minimum absolute atomic E-state index is 0.0805. The van der Waals surface area contributed by atoms with Crippen molar-refractivity contribution < 1.29 is 19.0 Å². The van der Waals surface area contributed by atoms with Gasteiger partial charge in [0, 0.05) is 5.56 Å². The summed E-state index contributed by atoms with van der Waals surface area (Å²) in [6.07, 6.45) is 0. The molecule has 1 N–H and O–H groups in total. The van der Waals surface area contributed by atoms with Gasteiger partial charge < -0.3 is 14.2 Å². The van der Waals surface area contributed by atoms with Gasteiger partial charge in [-0.2, -0.15) is 15.6 Å². The summed E-state index contributed by atoms with van der Waals surface area (Å²) in [5.41, 5.74) is 1.00. The van der Waals surface area contributed by atoms with E-state index in [1.165, 1.54) is 0 Å². The van der Waals surface area contributed by atoms with Crippen LogP contribution in [0.2, 0.25) is 0 Å². The Morgan fingerprint density at radius 1 is 1.29 bits per heavy atom. The van der Waals surface area contributed by atoms with E-state index in [0.29, 0.717) is 33.8 Å². The Kier molecular flexibility index (Phi) is 6.14. The van der Waals surface area contributed by atoms with Gasteiger partial charge in [0.25, 0.3) is 0 Å². The van der Waals surface area contributed by atoms with Crippen LogP contribution in [0.5, 0.6) is 11.5 Å². The fourth-order valence-electron chi connectivity index (χ4n) is 1.99. The van der Waals surface area contributed by atoms with E-state index in [4.69, 9.17) is 19.5 Å². The van der Waals surface area contributed by atoms with E-state index >= 15 is 0 Å². The van der Waals surface area contributed by atoms with Gasteiger partial charge in [0.2, 0.25) is 0 Å². The number of esters is 1. The first-order chi connectivity index (χ1) is 11.6. The number of carbonyl (C=O) groups excluding carboxylic acids is 1. The zero-order valence-corrected chi connectivity index (χ0v) is 14.7. The summed E-state index contributed by atoms with van der Waals surface area (Å²) >= 11 is 3.39. The number of aromatic nitrogens is 3. The van der Waals surface area contributed by atoms with Crippen molar-refractivity contribution in [3.8, 4) is 28.8 Å². The first kappa shape index (κ1) is 17.7. The third kappa shape index (κ3) is 3.83. The van der Waals surface area contributed by atoms with E-state index in [1.807, 2.05) is 13.0 Å². The molecule has 0 saturated heterocycles. The molecule has 0 spiro atoms. The van der Waals surface area contributed by atoms with Crippen LogP contribution in [-0.4, -0.2) is 41.2 Å². The minimum Gasteiger partial charge on any atom is -0.490 e. The van der Waals surface area contributed by atoms with Crippen LogP contribution >= 0.6 is 15.9 Å². The van der Waals surface area contributed by atoms with Crippen molar-refractivity contribution >= 4 is 21.9 Å². The Bertz CT molecular complexity index is 769. The molecular weight excluding hydrogens is 380 g/mol. The number of rotatable bonds is 7. The molecule has 1 aromatic heterocycles. The molecule has 0 bridgehead atoms. The summed E-state index contributed by atoms with van der Waals surface area (Å²) in [7, 11) is 0. The third-order valence-corrected chi connectivity index (χ3v) is 3.47. The van der Waals surface area contributed by atoms with Gasteiger partial charge in [0.15, 0.2) is 23.8 Å². The molecule has 1 heterocycles. The molecule has 0 unspecified atom stereocenters. The molecular formula is C15H15BrN4O4. The number of ether oxygens (including phenoxy) is 3. The molecule has 24 heavy (non-hydrogen) atoms. The number of carbonyl (C=O) groups is 1. The van der Waals surface area contributed by atoms with Crippen LogP contribution in [-0.2, 0) is 4.74 Å². The van der Waals surface area contributed by atoms with Crippen molar-refractivity contribution in [2.45, 2.75) is 13.8 Å². The summed E-state index contributed by atoms with van der Waals surface area (Å²) in [5.74, 6) is 0.262. The van der Waals surface area contributed by atoms with Gasteiger partial charge in [-0.3, -0.25) is 0 Å². The lowest BCUT2D eigenvalue weighted by atomic mass is 10.1. The van der Waals surface area contributed by atoms with Gasteiger partial charge in [-0.05, 0) is 41.9 Å². The van der Waals surface area contributed by atoms with Crippen molar-refractivity contribution in [2.24, 2.45) is 0 Å². The van der Waals surface area contributed by atoms with E-state index < -0.39 is 5.97 Å². The number of nitrogens with zero attached hydrogens (tertiary/aromatic N) is 3. The van der Waals surface area contributed by atoms with Crippen LogP contribution in [0.15, 0.2) is 16.6 Å². The summed E-state index contributed by atoms with van der Waals surface area (Å²) < 4.78 is 16.5. The third-order valence-electron chi connectivity index (χ3n) is 2.88. The minimum atomic E-state index is -0.569. The zero-order valence-electron chi connectivity index (χ0n) is 13.1. The molecule has 8 nitrogen and oxygen atoms in total. The first-order valence-electron chi connectivity index (χ1n) is 7.16. The van der Waals surface area contributed by atoms with Crippen LogP contribution in [0.4, 0.5) is 0 Å². The molecule has 0 amide bonds. The second-order valence-electron chi connectivity index (χ2n) is 4.41. The normalized spacial score (nSPS) is 10.1. The number of hydrogen-bond acceptors (Lipinski definition) is 7. The van der Waals surface area contributed by atoms with Gasteiger partial charge >= 0.3 is 5.97 Å². The molecule has 126 valence electrons. The average molecular weight is 395 g/mol. The SMILES string of the molecule is CCOC(=O)c1n[nH]nc1-c1cc(Br)c(OCC#N)c(OCC)c1. The summed E-state index contributed by atoms with van der Waals surface area (Å²) in [5, 5.41) is 19.0. The number of H-pyrrole nitrogens is 1. The van der Waals surface area contributed by atoms with Gasteiger partial charge in [-0.25, -0.2) is 4.79 Å². The highest BCUT2D eigenvalue weighted by Crippen LogP contribution is 2.40. The lowest BCUT2D eigenvalue weighted by Gasteiger charge is -2.13. The zero-order chi connectivity index (χ0) is 17.5. The lowest BCUT2D eigenvalue weighted by Crippen LogP contribution is -2.07. The Hall–Kier alpha value is -2.60. The predicted octanol–water partition coefficient (Wildman–Crippen LogP) is 2.71. The maximum absolute atomic E-state index is 12.0. The Balaban J connectivity index is 2.47. The van der Waals surface area contributed by atoms with E-state index in [2.05, 4.69) is 31.3 Å². The van der Waals surface area contributed by atoms with Crippen LogP contribution in [0.3, 0.4) is 0 Å². The van der Waals surface area contributed by atoms with Crippen LogP contribution in [0.1, 0.15) is 24.3 Å². The van der Waals surface area contributed by atoms with Crippen molar-refractivity contribution in [1.82, 2.24) is 15.4 Å². The predicted molar refractivity (Wildman–Crippen MR) is 87.8 cm³/mol. The van der Waals surface area contributed by atoms with Gasteiger partial charge in [-0.15, -0.1) is 5.10 Å². The first-order valence-corrected chi connectivity index (χ1v) is 7.96. The maximum Gasteiger partial charge on any atom is 0.361 e. The number of nitriles is 1. The quantitative estimate of drug-likeness (QED) is 0.718. The lowest BCUT2D eigenvalue weighted by molar-refractivity contribution is 0.0520. The second kappa shape index (κ2) is 8.31. The van der Waals surface area contributed by atoms with Gasteiger partial charge in [0.05, 0.1) is 17.7 Å². The maximum atomic E-state index is 12.0. The molecule has 0 aliphatic rings. The largest absolute Gasteiger partial charge is 0.490 e. The Morgan fingerprint density at radius 2 is 2.08 bits per heavy atom. The number of halogens is 1.